The van der Waals surface area contributed by atoms with Gasteiger partial charge in [-0.15, -0.1) is 0 Å². The second kappa shape index (κ2) is 3.51. The van der Waals surface area contributed by atoms with Gasteiger partial charge in [-0.05, 0) is 0 Å². The average Bonchev–Trinajstić information content (AvgIpc) is 2.04. The molecule has 0 unspecified atom stereocenters. The maximum atomic E-state index is 10.5. The molecule has 0 bridgehead atoms. The topological polar surface area (TPSA) is 98.7 Å². The highest BCUT2D eigenvalue weighted by molar-refractivity contribution is 5.85. The van der Waals surface area contributed by atoms with Gasteiger partial charge in [0.05, 0.1) is 0 Å². The van der Waals surface area contributed by atoms with Crippen LogP contribution in [0.15, 0.2) is 0 Å². The molecule has 0 saturated carbocycles. The number of hydrogen-bond donors (Lipinski definition) is 4. The van der Waals surface area contributed by atoms with Crippen molar-refractivity contribution in [1.82, 2.24) is 10.6 Å². The van der Waals surface area contributed by atoms with Crippen LogP contribution in [0.2, 0.25) is 0 Å². The molecule has 0 spiro atoms. The summed E-state index contributed by atoms with van der Waals surface area (Å²) >= 11 is 0. The summed E-state index contributed by atoms with van der Waals surface area (Å²) in [6, 6.07) is -2.06. The SMILES string of the molecule is O=C(O)[C@H]1NCCN[C@@H]1C(=O)O. The molecule has 1 heterocycles. The van der Waals surface area contributed by atoms with E-state index in [4.69, 9.17) is 10.2 Å². The number of carbonyl (C=O) groups is 2. The fraction of sp³-hybridized carbons (Fsp3) is 0.667. The minimum atomic E-state index is -1.14. The van der Waals surface area contributed by atoms with E-state index < -0.39 is 24.0 Å². The van der Waals surface area contributed by atoms with Gasteiger partial charge in [-0.1, -0.05) is 0 Å². The number of nitrogens with one attached hydrogen (secondary N) is 2. The summed E-state index contributed by atoms with van der Waals surface area (Å²) in [5.74, 6) is -2.29. The Labute approximate surface area is 68.6 Å². The first kappa shape index (κ1) is 8.95. The molecule has 1 fully saturated rings. The van der Waals surface area contributed by atoms with Crippen LogP contribution in [-0.2, 0) is 9.59 Å². The van der Waals surface area contributed by atoms with Crippen molar-refractivity contribution in [2.45, 2.75) is 12.1 Å². The third-order valence-electron chi connectivity index (χ3n) is 1.72. The molecule has 6 heteroatoms. The van der Waals surface area contributed by atoms with Gasteiger partial charge in [-0.25, -0.2) is 0 Å². The summed E-state index contributed by atoms with van der Waals surface area (Å²) in [5.41, 5.74) is 0. The number of piperazine rings is 1. The van der Waals surface area contributed by atoms with Gasteiger partial charge in [0, 0.05) is 13.1 Å². The van der Waals surface area contributed by atoms with Crippen LogP contribution in [0.3, 0.4) is 0 Å². The summed E-state index contributed by atoms with van der Waals surface area (Å²) < 4.78 is 0. The number of rotatable bonds is 2. The maximum Gasteiger partial charge on any atom is 0.322 e. The zero-order chi connectivity index (χ0) is 9.14. The zero-order valence-corrected chi connectivity index (χ0v) is 6.28. The summed E-state index contributed by atoms with van der Waals surface area (Å²) in [6.07, 6.45) is 0. The van der Waals surface area contributed by atoms with E-state index in [1.165, 1.54) is 0 Å². The number of aliphatic carboxylic acids is 2. The van der Waals surface area contributed by atoms with Crippen LogP contribution >= 0.6 is 0 Å². The Balaban J connectivity index is 2.67. The molecule has 0 radical (unpaired) electrons. The molecule has 0 amide bonds. The van der Waals surface area contributed by atoms with Crippen LogP contribution in [0.4, 0.5) is 0 Å². The van der Waals surface area contributed by atoms with Crippen molar-refractivity contribution in [2.75, 3.05) is 13.1 Å². The molecule has 0 aromatic carbocycles. The molecule has 1 rings (SSSR count). The van der Waals surface area contributed by atoms with Crippen molar-refractivity contribution in [2.24, 2.45) is 0 Å². The number of carboxylic acids is 2. The van der Waals surface area contributed by atoms with Crippen molar-refractivity contribution < 1.29 is 19.8 Å². The Hall–Kier alpha value is -1.14. The summed E-state index contributed by atoms with van der Waals surface area (Å²) in [5, 5.41) is 22.4. The predicted octanol–water partition coefficient (Wildman–Crippen LogP) is -1.91. The molecule has 12 heavy (non-hydrogen) atoms. The molecule has 1 aliphatic heterocycles. The molecular formula is C6H10N2O4. The van der Waals surface area contributed by atoms with Gasteiger partial charge in [0.1, 0.15) is 12.1 Å². The van der Waals surface area contributed by atoms with E-state index >= 15 is 0 Å². The lowest BCUT2D eigenvalue weighted by atomic mass is 10.1. The highest BCUT2D eigenvalue weighted by atomic mass is 16.4. The minimum Gasteiger partial charge on any atom is -0.480 e. The van der Waals surface area contributed by atoms with Crippen LogP contribution < -0.4 is 10.6 Å². The summed E-state index contributed by atoms with van der Waals surface area (Å²) in [7, 11) is 0. The first-order valence-electron chi connectivity index (χ1n) is 3.55. The predicted molar refractivity (Wildman–Crippen MR) is 38.9 cm³/mol. The number of carboxylic acid groups (broad SMARTS) is 2. The molecule has 1 saturated heterocycles. The molecule has 1 aliphatic rings. The standard InChI is InChI=1S/C6H10N2O4/c9-5(10)3-4(6(11)12)8-2-1-7-3/h3-4,7-8H,1-2H2,(H,9,10)(H,11,12)/t3-,4-/m0/s1. The van der Waals surface area contributed by atoms with E-state index in [9.17, 15) is 9.59 Å². The van der Waals surface area contributed by atoms with Gasteiger partial charge in [0.15, 0.2) is 0 Å². The highest BCUT2D eigenvalue weighted by Crippen LogP contribution is 1.98. The third kappa shape index (κ3) is 1.72. The van der Waals surface area contributed by atoms with E-state index in [0.717, 1.165) is 0 Å². The number of hydrogen-bond acceptors (Lipinski definition) is 4. The Kier molecular flexibility index (Phi) is 2.61. The lowest BCUT2D eigenvalue weighted by molar-refractivity contribution is -0.149. The quantitative estimate of drug-likeness (QED) is 0.390. The van der Waals surface area contributed by atoms with Crippen LogP contribution in [0.5, 0.6) is 0 Å². The Bertz CT molecular complexity index is 184. The van der Waals surface area contributed by atoms with Crippen molar-refractivity contribution in [3.8, 4) is 0 Å². The fourth-order valence-corrected chi connectivity index (χ4v) is 1.15. The van der Waals surface area contributed by atoms with Crippen molar-refractivity contribution in [3.05, 3.63) is 0 Å². The van der Waals surface area contributed by atoms with Crippen LogP contribution in [-0.4, -0.2) is 47.3 Å². The monoisotopic (exact) mass is 174 g/mol. The molecule has 0 aliphatic carbocycles. The maximum absolute atomic E-state index is 10.5. The van der Waals surface area contributed by atoms with E-state index in [2.05, 4.69) is 10.6 Å². The minimum absolute atomic E-state index is 0.473. The first-order chi connectivity index (χ1) is 5.63. The molecule has 2 atom stereocenters. The van der Waals surface area contributed by atoms with E-state index in [1.807, 2.05) is 0 Å². The normalized spacial score (nSPS) is 29.7. The smallest absolute Gasteiger partial charge is 0.322 e. The van der Waals surface area contributed by atoms with Gasteiger partial charge in [-0.3, -0.25) is 9.59 Å². The highest BCUT2D eigenvalue weighted by Gasteiger charge is 2.35. The second-order valence-electron chi connectivity index (χ2n) is 2.54. The molecule has 4 N–H and O–H groups in total. The van der Waals surface area contributed by atoms with Gasteiger partial charge in [0.2, 0.25) is 0 Å². The van der Waals surface area contributed by atoms with Crippen LogP contribution in [0.1, 0.15) is 0 Å². The van der Waals surface area contributed by atoms with Gasteiger partial charge < -0.3 is 20.8 Å². The summed E-state index contributed by atoms with van der Waals surface area (Å²) in [4.78, 5) is 21.0. The van der Waals surface area contributed by atoms with Gasteiger partial charge in [-0.2, -0.15) is 0 Å². The molecule has 6 nitrogen and oxygen atoms in total. The zero-order valence-electron chi connectivity index (χ0n) is 6.28. The van der Waals surface area contributed by atoms with E-state index in [1.54, 1.807) is 0 Å². The van der Waals surface area contributed by atoms with Crippen molar-refractivity contribution in [1.29, 1.82) is 0 Å². The Morgan fingerprint density at radius 1 is 1.00 bits per heavy atom. The van der Waals surface area contributed by atoms with Gasteiger partial charge >= 0.3 is 11.9 Å². The third-order valence-corrected chi connectivity index (χ3v) is 1.72. The molecular weight excluding hydrogens is 164 g/mol. The van der Waals surface area contributed by atoms with E-state index in [0.29, 0.717) is 13.1 Å². The fourth-order valence-electron chi connectivity index (χ4n) is 1.15. The molecule has 0 aromatic rings. The second-order valence-corrected chi connectivity index (χ2v) is 2.54. The van der Waals surface area contributed by atoms with E-state index in [-0.39, 0.29) is 0 Å². The lowest BCUT2D eigenvalue weighted by Crippen LogP contribution is -2.62. The summed E-state index contributed by atoms with van der Waals surface area (Å²) in [6.45, 7) is 0.946. The average molecular weight is 174 g/mol. The van der Waals surface area contributed by atoms with Crippen LogP contribution in [0.25, 0.3) is 0 Å². The van der Waals surface area contributed by atoms with Crippen molar-refractivity contribution in [3.63, 3.8) is 0 Å². The molecule has 0 aromatic heterocycles. The Morgan fingerprint density at radius 2 is 1.33 bits per heavy atom. The lowest BCUT2D eigenvalue weighted by Gasteiger charge is -2.27. The van der Waals surface area contributed by atoms with Crippen molar-refractivity contribution >= 4 is 11.9 Å². The Morgan fingerprint density at radius 3 is 1.58 bits per heavy atom. The van der Waals surface area contributed by atoms with Gasteiger partial charge in [0.25, 0.3) is 0 Å². The molecule has 68 valence electrons. The largest absolute Gasteiger partial charge is 0.480 e. The first-order valence-corrected chi connectivity index (χ1v) is 3.55. The van der Waals surface area contributed by atoms with Crippen LogP contribution in [0, 0.1) is 0 Å².